The van der Waals surface area contributed by atoms with Crippen LogP contribution in [0.1, 0.15) is 6.42 Å². The van der Waals surface area contributed by atoms with Crippen LogP contribution in [0.2, 0.25) is 0 Å². The summed E-state index contributed by atoms with van der Waals surface area (Å²) in [5.74, 6) is 1.12. The maximum absolute atomic E-state index is 12.9. The van der Waals surface area contributed by atoms with Crippen LogP contribution in [0.3, 0.4) is 0 Å². The topological polar surface area (TPSA) is 46.2 Å². The quantitative estimate of drug-likeness (QED) is 0.662. The van der Waals surface area contributed by atoms with E-state index in [9.17, 15) is 12.8 Å². The average molecular weight is 289 g/mol. The van der Waals surface area contributed by atoms with Crippen molar-refractivity contribution in [2.75, 3.05) is 23.8 Å². The Morgan fingerprint density at radius 2 is 2.28 bits per heavy atom. The van der Waals surface area contributed by atoms with E-state index in [0.717, 1.165) is 17.2 Å². The number of thioether (sulfide) groups is 1. The molecule has 1 saturated heterocycles. The molecule has 1 aliphatic rings. The van der Waals surface area contributed by atoms with Gasteiger partial charge in [-0.05, 0) is 24.6 Å². The maximum Gasteiger partial charge on any atom is 0.151 e. The fraction of sp³-hybridized carbons (Fsp3) is 0.500. The molecular weight excluding hydrogens is 273 g/mol. The molecule has 0 radical (unpaired) electrons. The van der Waals surface area contributed by atoms with Gasteiger partial charge in [-0.15, -0.1) is 11.8 Å². The fourth-order valence-corrected chi connectivity index (χ4v) is 4.48. The minimum atomic E-state index is -2.81. The van der Waals surface area contributed by atoms with Gasteiger partial charge < -0.3 is 5.32 Å². The highest BCUT2D eigenvalue weighted by atomic mass is 32.2. The number of rotatable bonds is 5. The third-order valence-electron chi connectivity index (χ3n) is 2.83. The van der Waals surface area contributed by atoms with Crippen LogP contribution in [0.4, 0.5) is 4.39 Å². The first-order chi connectivity index (χ1) is 8.55. The largest absolute Gasteiger partial charge is 0.312 e. The molecule has 1 aliphatic heterocycles. The lowest BCUT2D eigenvalue weighted by atomic mass is 10.3. The van der Waals surface area contributed by atoms with Gasteiger partial charge in [0.25, 0.3) is 0 Å². The molecule has 1 N–H and O–H groups in total. The Morgan fingerprint density at radius 1 is 1.44 bits per heavy atom. The summed E-state index contributed by atoms with van der Waals surface area (Å²) >= 11 is 1.57. The molecular formula is C12H16FNO2S2. The summed E-state index contributed by atoms with van der Waals surface area (Å²) in [5, 5.41) is 3.23. The van der Waals surface area contributed by atoms with Gasteiger partial charge in [-0.2, -0.15) is 0 Å². The molecule has 2 rings (SSSR count). The van der Waals surface area contributed by atoms with Gasteiger partial charge in [0.2, 0.25) is 0 Å². The molecule has 0 amide bonds. The van der Waals surface area contributed by atoms with Crippen molar-refractivity contribution >= 4 is 21.6 Å². The van der Waals surface area contributed by atoms with Crippen LogP contribution in [0, 0.1) is 5.82 Å². The predicted molar refractivity (Wildman–Crippen MR) is 72.2 cm³/mol. The molecule has 1 atom stereocenters. The summed E-state index contributed by atoms with van der Waals surface area (Å²) in [6.07, 6.45) is 0.701. The number of hydrogen-bond donors (Lipinski definition) is 1. The van der Waals surface area contributed by atoms with Crippen molar-refractivity contribution in [1.82, 2.24) is 5.32 Å². The van der Waals surface area contributed by atoms with Crippen LogP contribution in [0.15, 0.2) is 29.2 Å². The van der Waals surface area contributed by atoms with Crippen molar-refractivity contribution in [3.8, 4) is 0 Å². The molecule has 1 aromatic carbocycles. The standard InChI is InChI=1S/C12H16FNO2S2/c13-10-2-1-3-12(8-10)17-6-5-14-11-4-7-18(15,16)9-11/h1-3,8,11,14H,4-7,9H2. The smallest absolute Gasteiger partial charge is 0.151 e. The first-order valence-corrected chi connectivity index (χ1v) is 8.68. The molecule has 100 valence electrons. The van der Waals surface area contributed by atoms with Gasteiger partial charge in [-0.3, -0.25) is 0 Å². The highest BCUT2D eigenvalue weighted by Crippen LogP contribution is 2.18. The molecule has 1 fully saturated rings. The van der Waals surface area contributed by atoms with Crippen molar-refractivity contribution in [3.05, 3.63) is 30.1 Å². The Balaban J connectivity index is 1.68. The third-order valence-corrected chi connectivity index (χ3v) is 5.60. The molecule has 3 nitrogen and oxygen atoms in total. The van der Waals surface area contributed by atoms with E-state index in [1.807, 2.05) is 6.07 Å². The predicted octanol–water partition coefficient (Wildman–Crippen LogP) is 1.69. The summed E-state index contributed by atoms with van der Waals surface area (Å²) in [5.41, 5.74) is 0. The van der Waals surface area contributed by atoms with Crippen molar-refractivity contribution in [3.63, 3.8) is 0 Å². The Morgan fingerprint density at radius 3 is 2.94 bits per heavy atom. The van der Waals surface area contributed by atoms with Crippen LogP contribution in [0.25, 0.3) is 0 Å². The zero-order valence-electron chi connectivity index (χ0n) is 9.93. The SMILES string of the molecule is O=S1(=O)CCC(NCCSc2cccc(F)c2)C1. The van der Waals surface area contributed by atoms with E-state index in [1.165, 1.54) is 12.1 Å². The number of halogens is 1. The van der Waals surface area contributed by atoms with E-state index in [0.29, 0.717) is 12.2 Å². The van der Waals surface area contributed by atoms with Crippen LogP contribution in [0.5, 0.6) is 0 Å². The van der Waals surface area contributed by atoms with E-state index in [4.69, 9.17) is 0 Å². The molecule has 0 bridgehead atoms. The van der Waals surface area contributed by atoms with Gasteiger partial charge in [-0.1, -0.05) is 6.07 Å². The molecule has 1 aromatic rings. The summed E-state index contributed by atoms with van der Waals surface area (Å²) < 4.78 is 35.4. The lowest BCUT2D eigenvalue weighted by Crippen LogP contribution is -2.31. The van der Waals surface area contributed by atoms with E-state index < -0.39 is 9.84 Å². The normalized spacial score (nSPS) is 22.2. The Labute approximate surface area is 111 Å². The fourth-order valence-electron chi connectivity index (χ4n) is 1.94. The van der Waals surface area contributed by atoms with Gasteiger partial charge in [0.15, 0.2) is 9.84 Å². The summed E-state index contributed by atoms with van der Waals surface area (Å²) in [7, 11) is -2.81. The molecule has 0 aliphatic carbocycles. The van der Waals surface area contributed by atoms with Crippen LogP contribution < -0.4 is 5.32 Å². The van der Waals surface area contributed by atoms with Crippen LogP contribution in [-0.2, 0) is 9.84 Å². The second-order valence-electron chi connectivity index (χ2n) is 4.36. The van der Waals surface area contributed by atoms with Gasteiger partial charge in [0.05, 0.1) is 11.5 Å². The molecule has 0 aromatic heterocycles. The van der Waals surface area contributed by atoms with Crippen molar-refractivity contribution in [2.45, 2.75) is 17.4 Å². The molecule has 1 unspecified atom stereocenters. The van der Waals surface area contributed by atoms with E-state index in [1.54, 1.807) is 17.8 Å². The number of benzene rings is 1. The third kappa shape index (κ3) is 4.26. The van der Waals surface area contributed by atoms with Gasteiger partial charge in [0, 0.05) is 23.2 Å². The second kappa shape index (κ2) is 6.04. The van der Waals surface area contributed by atoms with E-state index in [-0.39, 0.29) is 17.6 Å². The first kappa shape index (κ1) is 13.8. The highest BCUT2D eigenvalue weighted by molar-refractivity contribution is 7.99. The highest BCUT2D eigenvalue weighted by Gasteiger charge is 2.26. The van der Waals surface area contributed by atoms with Crippen molar-refractivity contribution < 1.29 is 12.8 Å². The summed E-state index contributed by atoms with van der Waals surface area (Å²) in [6.45, 7) is 0.737. The van der Waals surface area contributed by atoms with Gasteiger partial charge in [0.1, 0.15) is 5.82 Å². The zero-order valence-corrected chi connectivity index (χ0v) is 11.6. The number of sulfone groups is 1. The van der Waals surface area contributed by atoms with Crippen LogP contribution in [-0.4, -0.2) is 38.3 Å². The number of nitrogens with one attached hydrogen (secondary N) is 1. The minimum Gasteiger partial charge on any atom is -0.312 e. The monoisotopic (exact) mass is 289 g/mol. The van der Waals surface area contributed by atoms with E-state index in [2.05, 4.69) is 5.32 Å². The Bertz CT molecular complexity index is 505. The molecule has 0 saturated carbocycles. The Kier molecular flexibility index (Phi) is 4.64. The van der Waals surface area contributed by atoms with Crippen molar-refractivity contribution in [1.29, 1.82) is 0 Å². The lowest BCUT2D eigenvalue weighted by molar-refractivity contribution is 0.574. The minimum absolute atomic E-state index is 0.0862. The second-order valence-corrected chi connectivity index (χ2v) is 7.76. The zero-order chi connectivity index (χ0) is 13.0. The van der Waals surface area contributed by atoms with Gasteiger partial charge in [-0.25, -0.2) is 12.8 Å². The van der Waals surface area contributed by atoms with Gasteiger partial charge >= 0.3 is 0 Å². The molecule has 1 heterocycles. The van der Waals surface area contributed by atoms with E-state index >= 15 is 0 Å². The lowest BCUT2D eigenvalue weighted by Gasteiger charge is -2.10. The summed E-state index contributed by atoms with van der Waals surface area (Å²) in [4.78, 5) is 0.899. The Hall–Kier alpha value is -0.590. The summed E-state index contributed by atoms with van der Waals surface area (Å²) in [6, 6.07) is 6.57. The van der Waals surface area contributed by atoms with Crippen LogP contribution >= 0.6 is 11.8 Å². The maximum atomic E-state index is 12.9. The average Bonchev–Trinajstić information content (AvgIpc) is 2.65. The molecule has 6 heteroatoms. The molecule has 18 heavy (non-hydrogen) atoms. The first-order valence-electron chi connectivity index (χ1n) is 5.87. The number of hydrogen-bond acceptors (Lipinski definition) is 4. The van der Waals surface area contributed by atoms with Crippen molar-refractivity contribution in [2.24, 2.45) is 0 Å². The molecule has 0 spiro atoms.